The highest BCUT2D eigenvalue weighted by Gasteiger charge is 2.37. The van der Waals surface area contributed by atoms with Gasteiger partial charge in [-0.2, -0.15) is 0 Å². The molecule has 0 bridgehead atoms. The maximum absolute atomic E-state index is 12.8. The van der Waals surface area contributed by atoms with E-state index in [9.17, 15) is 9.59 Å². The van der Waals surface area contributed by atoms with Crippen LogP contribution in [0.2, 0.25) is 0 Å². The Morgan fingerprint density at radius 2 is 1.77 bits per heavy atom. The van der Waals surface area contributed by atoms with Crippen LogP contribution in [-0.4, -0.2) is 56.9 Å². The molecule has 168 valence electrons. The van der Waals surface area contributed by atoms with Crippen LogP contribution < -0.4 is 4.74 Å². The standard InChI is InChI=1S/C24H31NO6/c1-4-5-12-31-21-11-7-6-10-18(21)22-19(23(26)28-2)15-25(14-17-9-8-13-30-17)16-20(22)24(27)29-3/h6-7,10-11,15-17,22H,4-5,8-9,12-14H2,1-3H3. The van der Waals surface area contributed by atoms with E-state index in [1.54, 1.807) is 12.4 Å². The molecule has 1 aromatic carbocycles. The summed E-state index contributed by atoms with van der Waals surface area (Å²) >= 11 is 0. The highest BCUT2D eigenvalue weighted by molar-refractivity contribution is 5.98. The predicted octanol–water partition coefficient (Wildman–Crippen LogP) is 3.56. The third-order valence-electron chi connectivity index (χ3n) is 5.50. The second-order valence-corrected chi connectivity index (χ2v) is 7.66. The Labute approximate surface area is 183 Å². The zero-order valence-corrected chi connectivity index (χ0v) is 18.5. The number of unbranched alkanes of at least 4 members (excludes halogenated alkanes) is 1. The molecule has 1 fully saturated rings. The number of ether oxygens (including phenoxy) is 4. The molecule has 0 aliphatic carbocycles. The van der Waals surface area contributed by atoms with Crippen molar-refractivity contribution < 1.29 is 28.5 Å². The van der Waals surface area contributed by atoms with Crippen molar-refractivity contribution in [1.29, 1.82) is 0 Å². The van der Waals surface area contributed by atoms with Gasteiger partial charge in [-0.15, -0.1) is 0 Å². The van der Waals surface area contributed by atoms with Gasteiger partial charge in [0.25, 0.3) is 0 Å². The van der Waals surface area contributed by atoms with Crippen LogP contribution in [0.4, 0.5) is 0 Å². The molecule has 7 heteroatoms. The molecule has 0 amide bonds. The van der Waals surface area contributed by atoms with Gasteiger partial charge in [0.1, 0.15) is 5.75 Å². The topological polar surface area (TPSA) is 74.3 Å². The fourth-order valence-electron chi connectivity index (χ4n) is 3.93. The first-order chi connectivity index (χ1) is 15.1. The lowest BCUT2D eigenvalue weighted by atomic mass is 9.82. The van der Waals surface area contributed by atoms with Crippen LogP contribution in [0.5, 0.6) is 5.75 Å². The molecule has 31 heavy (non-hydrogen) atoms. The number of nitrogens with zero attached hydrogens (tertiary/aromatic N) is 1. The second kappa shape index (κ2) is 11.0. The van der Waals surface area contributed by atoms with Crippen molar-refractivity contribution in [2.75, 3.05) is 34.0 Å². The van der Waals surface area contributed by atoms with Crippen LogP contribution in [-0.2, 0) is 23.8 Å². The minimum absolute atomic E-state index is 0.0477. The highest BCUT2D eigenvalue weighted by Crippen LogP contribution is 2.41. The van der Waals surface area contributed by atoms with Crippen molar-refractivity contribution in [3.8, 4) is 5.75 Å². The molecule has 1 unspecified atom stereocenters. The van der Waals surface area contributed by atoms with E-state index in [-0.39, 0.29) is 6.10 Å². The molecule has 1 saturated heterocycles. The van der Waals surface area contributed by atoms with Crippen LogP contribution in [0, 0.1) is 0 Å². The van der Waals surface area contributed by atoms with Crippen molar-refractivity contribution in [3.63, 3.8) is 0 Å². The number of carbonyl (C=O) groups excluding carboxylic acids is 2. The van der Waals surface area contributed by atoms with E-state index in [0.29, 0.717) is 30.0 Å². The van der Waals surface area contributed by atoms with E-state index < -0.39 is 17.9 Å². The minimum Gasteiger partial charge on any atom is -0.493 e. The summed E-state index contributed by atoms with van der Waals surface area (Å²) in [4.78, 5) is 27.4. The van der Waals surface area contributed by atoms with E-state index >= 15 is 0 Å². The second-order valence-electron chi connectivity index (χ2n) is 7.66. The van der Waals surface area contributed by atoms with Gasteiger partial charge in [-0.25, -0.2) is 9.59 Å². The lowest BCUT2D eigenvalue weighted by Gasteiger charge is -2.31. The molecule has 2 heterocycles. The molecule has 0 spiro atoms. The minimum atomic E-state index is -0.654. The van der Waals surface area contributed by atoms with Crippen molar-refractivity contribution in [2.24, 2.45) is 0 Å². The Hall–Kier alpha value is -2.80. The summed E-state index contributed by atoms with van der Waals surface area (Å²) in [6.07, 6.45) is 7.40. The highest BCUT2D eigenvalue weighted by atomic mass is 16.5. The molecule has 2 aliphatic heterocycles. The number of para-hydroxylation sites is 1. The third kappa shape index (κ3) is 5.47. The van der Waals surface area contributed by atoms with E-state index in [4.69, 9.17) is 18.9 Å². The molecule has 1 atom stereocenters. The number of methoxy groups -OCH3 is 2. The zero-order valence-electron chi connectivity index (χ0n) is 18.5. The number of hydrogen-bond acceptors (Lipinski definition) is 7. The maximum atomic E-state index is 12.8. The number of benzene rings is 1. The first-order valence-corrected chi connectivity index (χ1v) is 10.8. The summed E-state index contributed by atoms with van der Waals surface area (Å²) in [6, 6.07) is 7.47. The zero-order chi connectivity index (χ0) is 22.2. The normalized spacial score (nSPS) is 18.9. The average Bonchev–Trinajstić information content (AvgIpc) is 3.31. The van der Waals surface area contributed by atoms with E-state index in [0.717, 1.165) is 37.9 Å². The van der Waals surface area contributed by atoms with Gasteiger partial charge in [-0.05, 0) is 25.3 Å². The lowest BCUT2D eigenvalue weighted by Crippen LogP contribution is -2.32. The summed E-state index contributed by atoms with van der Waals surface area (Å²) in [5.74, 6) is -1.02. The molecular weight excluding hydrogens is 398 g/mol. The SMILES string of the molecule is CCCCOc1ccccc1C1C(C(=O)OC)=CN(CC2CCCO2)C=C1C(=O)OC. The fraction of sp³-hybridized carbons (Fsp3) is 0.500. The molecular formula is C24H31NO6. The average molecular weight is 430 g/mol. The Morgan fingerprint density at radius 1 is 1.10 bits per heavy atom. The summed E-state index contributed by atoms with van der Waals surface area (Å²) in [6.45, 7) is 3.92. The fourth-order valence-corrected chi connectivity index (χ4v) is 3.93. The summed E-state index contributed by atoms with van der Waals surface area (Å²) in [7, 11) is 2.68. The number of hydrogen-bond donors (Lipinski definition) is 0. The monoisotopic (exact) mass is 429 g/mol. The summed E-state index contributed by atoms with van der Waals surface area (Å²) in [5.41, 5.74) is 1.44. The van der Waals surface area contributed by atoms with Gasteiger partial charge in [0, 0.05) is 31.1 Å². The Morgan fingerprint density at radius 3 is 2.35 bits per heavy atom. The predicted molar refractivity (Wildman–Crippen MR) is 115 cm³/mol. The van der Waals surface area contributed by atoms with Gasteiger partial charge >= 0.3 is 11.9 Å². The maximum Gasteiger partial charge on any atom is 0.336 e. The van der Waals surface area contributed by atoms with Crippen molar-refractivity contribution in [3.05, 3.63) is 53.4 Å². The molecule has 0 aromatic heterocycles. The van der Waals surface area contributed by atoms with Crippen LogP contribution in [0.1, 0.15) is 44.1 Å². The van der Waals surface area contributed by atoms with Gasteiger partial charge in [0.15, 0.2) is 0 Å². The van der Waals surface area contributed by atoms with Gasteiger partial charge in [-0.1, -0.05) is 31.5 Å². The quantitative estimate of drug-likeness (QED) is 0.439. The Kier molecular flexibility index (Phi) is 8.12. The van der Waals surface area contributed by atoms with Crippen LogP contribution in [0.15, 0.2) is 47.8 Å². The first-order valence-electron chi connectivity index (χ1n) is 10.8. The molecule has 0 N–H and O–H groups in total. The molecule has 0 saturated carbocycles. The van der Waals surface area contributed by atoms with Crippen molar-refractivity contribution >= 4 is 11.9 Å². The number of carbonyl (C=O) groups is 2. The van der Waals surface area contributed by atoms with Gasteiger partial charge < -0.3 is 23.8 Å². The molecule has 3 rings (SSSR count). The third-order valence-corrected chi connectivity index (χ3v) is 5.50. The van der Waals surface area contributed by atoms with Crippen LogP contribution in [0.25, 0.3) is 0 Å². The molecule has 7 nitrogen and oxygen atoms in total. The van der Waals surface area contributed by atoms with Gasteiger partial charge in [0.2, 0.25) is 0 Å². The molecule has 1 aromatic rings. The Bertz CT molecular complexity index is 806. The van der Waals surface area contributed by atoms with Gasteiger partial charge in [-0.3, -0.25) is 0 Å². The van der Waals surface area contributed by atoms with Crippen LogP contribution in [0.3, 0.4) is 0 Å². The summed E-state index contributed by atoms with van der Waals surface area (Å²) in [5, 5.41) is 0. The van der Waals surface area contributed by atoms with E-state index in [2.05, 4.69) is 6.92 Å². The molecule has 0 radical (unpaired) electrons. The lowest BCUT2D eigenvalue weighted by molar-refractivity contribution is -0.137. The summed E-state index contributed by atoms with van der Waals surface area (Å²) < 4.78 is 21.9. The largest absolute Gasteiger partial charge is 0.493 e. The first kappa shape index (κ1) is 22.9. The number of rotatable bonds is 9. The Balaban J connectivity index is 2.02. The van der Waals surface area contributed by atoms with Crippen LogP contribution >= 0.6 is 0 Å². The molecule has 2 aliphatic rings. The van der Waals surface area contributed by atoms with Gasteiger partial charge in [0.05, 0.1) is 44.0 Å². The van der Waals surface area contributed by atoms with Crippen molar-refractivity contribution in [1.82, 2.24) is 4.90 Å². The van der Waals surface area contributed by atoms with Crippen molar-refractivity contribution in [2.45, 2.75) is 44.6 Å². The van der Waals surface area contributed by atoms with E-state index in [1.165, 1.54) is 14.2 Å². The van der Waals surface area contributed by atoms with E-state index in [1.807, 2.05) is 29.2 Å². The smallest absolute Gasteiger partial charge is 0.336 e. The number of esters is 2.